The van der Waals surface area contributed by atoms with Crippen LogP contribution in [-0.4, -0.2) is 23.5 Å². The summed E-state index contributed by atoms with van der Waals surface area (Å²) in [6.45, 7) is 8.98. The van der Waals surface area contributed by atoms with Crippen LogP contribution in [0.25, 0.3) is 0 Å². The Morgan fingerprint density at radius 3 is 2.18 bits per heavy atom. The SMILES string of the molecule is CC(C)C(=O)[C@H](Cc1ccc(Cl)cc1)NC(=O)OC(C)(C)C. The molecule has 122 valence electrons. The van der Waals surface area contributed by atoms with Crippen molar-refractivity contribution in [2.75, 3.05) is 0 Å². The minimum atomic E-state index is -0.615. The monoisotopic (exact) mass is 325 g/mol. The zero-order chi connectivity index (χ0) is 16.9. The number of rotatable bonds is 5. The van der Waals surface area contributed by atoms with E-state index in [2.05, 4.69) is 5.32 Å². The van der Waals surface area contributed by atoms with Crippen LogP contribution >= 0.6 is 11.6 Å². The summed E-state index contributed by atoms with van der Waals surface area (Å²) >= 11 is 5.86. The van der Waals surface area contributed by atoms with E-state index in [1.165, 1.54) is 0 Å². The van der Waals surface area contributed by atoms with Gasteiger partial charge in [0, 0.05) is 10.9 Å². The Morgan fingerprint density at radius 1 is 1.18 bits per heavy atom. The molecule has 1 atom stereocenters. The van der Waals surface area contributed by atoms with Crippen molar-refractivity contribution in [1.82, 2.24) is 5.32 Å². The number of Topliss-reactive ketones (excluding diaryl/α,β-unsaturated/α-hetero) is 1. The van der Waals surface area contributed by atoms with Crippen LogP contribution in [0.1, 0.15) is 40.2 Å². The maximum Gasteiger partial charge on any atom is 0.408 e. The second-order valence-electron chi connectivity index (χ2n) is 6.59. The molecule has 22 heavy (non-hydrogen) atoms. The Kier molecular flexibility index (Phi) is 6.42. The average molecular weight is 326 g/mol. The van der Waals surface area contributed by atoms with E-state index in [9.17, 15) is 9.59 Å². The van der Waals surface area contributed by atoms with Gasteiger partial charge in [0.05, 0.1) is 6.04 Å². The highest BCUT2D eigenvalue weighted by Crippen LogP contribution is 2.14. The van der Waals surface area contributed by atoms with Gasteiger partial charge >= 0.3 is 6.09 Å². The van der Waals surface area contributed by atoms with Crippen LogP contribution in [0.5, 0.6) is 0 Å². The summed E-state index contributed by atoms with van der Waals surface area (Å²) in [4.78, 5) is 24.3. The first-order valence-electron chi connectivity index (χ1n) is 7.36. The summed E-state index contributed by atoms with van der Waals surface area (Å²) in [7, 11) is 0. The van der Waals surface area contributed by atoms with Gasteiger partial charge in [0.25, 0.3) is 0 Å². The molecule has 0 saturated carbocycles. The number of benzene rings is 1. The molecular weight excluding hydrogens is 302 g/mol. The fraction of sp³-hybridized carbons (Fsp3) is 0.529. The minimum Gasteiger partial charge on any atom is -0.444 e. The summed E-state index contributed by atoms with van der Waals surface area (Å²) in [5, 5.41) is 3.31. The molecule has 0 spiro atoms. The zero-order valence-electron chi connectivity index (χ0n) is 13.8. The lowest BCUT2D eigenvalue weighted by atomic mass is 9.96. The van der Waals surface area contributed by atoms with E-state index in [0.717, 1.165) is 5.56 Å². The lowest BCUT2D eigenvalue weighted by Crippen LogP contribution is -2.46. The third-order valence-electron chi connectivity index (χ3n) is 2.96. The van der Waals surface area contributed by atoms with Crippen molar-refractivity contribution in [1.29, 1.82) is 0 Å². The Bertz CT molecular complexity index is 518. The molecule has 0 aromatic heterocycles. The predicted molar refractivity (Wildman–Crippen MR) is 88.2 cm³/mol. The Morgan fingerprint density at radius 2 is 1.73 bits per heavy atom. The fourth-order valence-electron chi connectivity index (χ4n) is 1.93. The van der Waals surface area contributed by atoms with Crippen LogP contribution < -0.4 is 5.32 Å². The molecule has 1 amide bonds. The van der Waals surface area contributed by atoms with E-state index in [1.807, 2.05) is 26.0 Å². The van der Waals surface area contributed by atoms with Crippen LogP contribution in [0.2, 0.25) is 5.02 Å². The largest absolute Gasteiger partial charge is 0.444 e. The molecule has 0 aliphatic heterocycles. The Labute approximate surface area is 137 Å². The molecule has 4 nitrogen and oxygen atoms in total. The summed E-state index contributed by atoms with van der Waals surface area (Å²) in [6.07, 6.45) is -0.173. The molecule has 1 aromatic carbocycles. The van der Waals surface area contributed by atoms with E-state index in [4.69, 9.17) is 16.3 Å². The molecule has 0 unspecified atom stereocenters. The van der Waals surface area contributed by atoms with Crippen LogP contribution in [-0.2, 0) is 16.0 Å². The number of carbonyl (C=O) groups is 2. The van der Waals surface area contributed by atoms with Gasteiger partial charge in [0.15, 0.2) is 5.78 Å². The summed E-state index contributed by atoms with van der Waals surface area (Å²) in [6, 6.07) is 6.61. The lowest BCUT2D eigenvalue weighted by Gasteiger charge is -2.24. The summed E-state index contributed by atoms with van der Waals surface area (Å²) in [5.41, 5.74) is 0.329. The molecule has 1 aromatic rings. The first-order chi connectivity index (χ1) is 10.1. The smallest absolute Gasteiger partial charge is 0.408 e. The van der Waals surface area contributed by atoms with Gasteiger partial charge in [-0.3, -0.25) is 4.79 Å². The number of alkyl carbamates (subject to hydrolysis) is 1. The zero-order valence-corrected chi connectivity index (χ0v) is 14.5. The minimum absolute atomic E-state index is 0.0270. The van der Waals surface area contributed by atoms with Crippen LogP contribution in [0, 0.1) is 5.92 Å². The first kappa shape index (κ1) is 18.5. The van der Waals surface area contributed by atoms with Crippen LogP contribution in [0.4, 0.5) is 4.79 Å². The maximum absolute atomic E-state index is 12.3. The van der Waals surface area contributed by atoms with Crippen molar-refractivity contribution in [3.63, 3.8) is 0 Å². The highest BCUT2D eigenvalue weighted by molar-refractivity contribution is 6.30. The number of hydrogen-bond acceptors (Lipinski definition) is 3. The second-order valence-corrected chi connectivity index (χ2v) is 7.02. The highest BCUT2D eigenvalue weighted by Gasteiger charge is 2.26. The third-order valence-corrected chi connectivity index (χ3v) is 3.21. The maximum atomic E-state index is 12.3. The molecule has 0 bridgehead atoms. The average Bonchev–Trinajstić information content (AvgIpc) is 2.37. The van der Waals surface area contributed by atoms with Gasteiger partial charge in [-0.1, -0.05) is 37.6 Å². The highest BCUT2D eigenvalue weighted by atomic mass is 35.5. The molecular formula is C17H24ClNO3. The standard InChI is InChI=1S/C17H24ClNO3/c1-11(2)15(20)14(19-16(21)22-17(3,4)5)10-12-6-8-13(18)9-7-12/h6-9,11,14H,10H2,1-5H3,(H,19,21)/t14-/m0/s1. The normalized spacial score (nSPS) is 12.9. The van der Waals surface area contributed by atoms with Crippen LogP contribution in [0.15, 0.2) is 24.3 Å². The van der Waals surface area contributed by atoms with Crippen molar-refractivity contribution in [2.24, 2.45) is 5.92 Å². The van der Waals surface area contributed by atoms with E-state index in [1.54, 1.807) is 32.9 Å². The Balaban J connectivity index is 2.82. The number of nitrogens with one attached hydrogen (secondary N) is 1. The van der Waals surface area contributed by atoms with Gasteiger partial charge in [-0.15, -0.1) is 0 Å². The number of halogens is 1. The van der Waals surface area contributed by atoms with Crippen molar-refractivity contribution >= 4 is 23.5 Å². The van der Waals surface area contributed by atoms with E-state index in [0.29, 0.717) is 11.4 Å². The van der Waals surface area contributed by atoms with E-state index in [-0.39, 0.29) is 11.7 Å². The molecule has 0 heterocycles. The van der Waals surface area contributed by atoms with Crippen molar-refractivity contribution in [2.45, 2.75) is 52.7 Å². The quantitative estimate of drug-likeness (QED) is 0.890. The molecule has 0 aliphatic rings. The number of ether oxygens (including phenoxy) is 1. The van der Waals surface area contributed by atoms with Crippen molar-refractivity contribution in [3.05, 3.63) is 34.9 Å². The second kappa shape index (κ2) is 7.63. The van der Waals surface area contributed by atoms with Gasteiger partial charge in [0.1, 0.15) is 5.60 Å². The molecule has 1 N–H and O–H groups in total. The molecule has 0 fully saturated rings. The number of hydrogen-bond donors (Lipinski definition) is 1. The molecule has 5 heteroatoms. The predicted octanol–water partition coefficient (Wildman–Crippen LogP) is 4.00. The fourth-order valence-corrected chi connectivity index (χ4v) is 2.06. The first-order valence-corrected chi connectivity index (χ1v) is 7.74. The van der Waals surface area contributed by atoms with E-state index >= 15 is 0 Å². The lowest BCUT2D eigenvalue weighted by molar-refractivity contribution is -0.124. The molecule has 0 saturated heterocycles. The van der Waals surface area contributed by atoms with Crippen LogP contribution in [0.3, 0.4) is 0 Å². The topological polar surface area (TPSA) is 55.4 Å². The Hall–Kier alpha value is -1.55. The number of ketones is 1. The van der Waals surface area contributed by atoms with Gasteiger partial charge in [-0.25, -0.2) is 4.79 Å². The van der Waals surface area contributed by atoms with Gasteiger partial charge in [-0.2, -0.15) is 0 Å². The third kappa shape index (κ3) is 6.48. The van der Waals surface area contributed by atoms with Crippen molar-refractivity contribution < 1.29 is 14.3 Å². The summed E-state index contributed by atoms with van der Waals surface area (Å²) < 4.78 is 5.23. The molecule has 1 rings (SSSR count). The van der Waals surface area contributed by atoms with Gasteiger partial charge in [0.2, 0.25) is 0 Å². The van der Waals surface area contributed by atoms with Gasteiger partial charge < -0.3 is 10.1 Å². The molecule has 0 aliphatic carbocycles. The van der Waals surface area contributed by atoms with E-state index < -0.39 is 17.7 Å². The number of amides is 1. The summed E-state index contributed by atoms with van der Waals surface area (Å²) in [5.74, 6) is -0.201. The van der Waals surface area contributed by atoms with Gasteiger partial charge in [-0.05, 0) is 44.9 Å². The van der Waals surface area contributed by atoms with Crippen molar-refractivity contribution in [3.8, 4) is 0 Å². The number of carbonyl (C=O) groups excluding carboxylic acids is 2. The molecule has 0 radical (unpaired) electrons.